The molecular weight excluding hydrogens is 484 g/mol. The Morgan fingerprint density at radius 3 is 2.37 bits per heavy atom. The summed E-state index contributed by atoms with van der Waals surface area (Å²) in [5.41, 5.74) is 0.157. The van der Waals surface area contributed by atoms with Gasteiger partial charge in [0.05, 0.1) is 6.61 Å². The second kappa shape index (κ2) is 10.6. The van der Waals surface area contributed by atoms with Crippen LogP contribution in [0, 0.1) is 0 Å². The third-order valence-electron chi connectivity index (χ3n) is 5.11. The molecule has 2 heterocycles. The van der Waals surface area contributed by atoms with Gasteiger partial charge in [-0.05, 0) is 31.2 Å². The molecule has 0 aromatic heterocycles. The van der Waals surface area contributed by atoms with E-state index in [1.54, 1.807) is 32.1 Å². The third kappa shape index (κ3) is 5.23. The van der Waals surface area contributed by atoms with E-state index in [1.807, 2.05) is 72.6 Å². The van der Waals surface area contributed by atoms with Gasteiger partial charge in [0.15, 0.2) is 16.9 Å². The van der Waals surface area contributed by atoms with Crippen LogP contribution < -0.4 is 0 Å². The normalized spacial score (nSPS) is 22.6. The Kier molecular flexibility index (Phi) is 7.51. The fourth-order valence-electron chi connectivity index (χ4n) is 3.63. The number of hydrogen-bond acceptors (Lipinski definition) is 10. The number of thioether (sulfide) groups is 2. The smallest absolute Gasteiger partial charge is 0.365 e. The summed E-state index contributed by atoms with van der Waals surface area (Å²) in [5.74, 6) is -0.999. The molecule has 2 aromatic rings. The Hall–Kier alpha value is -3.24. The van der Waals surface area contributed by atoms with E-state index in [0.717, 1.165) is 9.79 Å². The van der Waals surface area contributed by atoms with Crippen LogP contribution in [0.3, 0.4) is 0 Å². The van der Waals surface area contributed by atoms with Crippen LogP contribution in [-0.2, 0) is 19.1 Å². The highest BCUT2D eigenvalue weighted by molar-refractivity contribution is 8.14. The highest BCUT2D eigenvalue weighted by Gasteiger charge is 2.60. The number of nitrogens with zero attached hydrogens (tertiary/aromatic N) is 4. The van der Waals surface area contributed by atoms with Crippen LogP contribution in [0.5, 0.6) is 0 Å². The monoisotopic (exact) mass is 510 g/mol. The molecule has 35 heavy (non-hydrogen) atoms. The van der Waals surface area contributed by atoms with Gasteiger partial charge in [-0.15, -0.1) is 0 Å². The van der Waals surface area contributed by atoms with Crippen molar-refractivity contribution < 1.29 is 19.1 Å². The summed E-state index contributed by atoms with van der Waals surface area (Å²) in [7, 11) is 5.40. The summed E-state index contributed by atoms with van der Waals surface area (Å²) in [6.45, 7) is 1.93. The number of hydrogen-bond donors (Lipinski definition) is 0. The zero-order valence-electron chi connectivity index (χ0n) is 19.9. The van der Waals surface area contributed by atoms with Crippen molar-refractivity contribution in [3.63, 3.8) is 0 Å². The van der Waals surface area contributed by atoms with Gasteiger partial charge < -0.3 is 19.3 Å². The molecule has 0 N–H and O–H groups in total. The summed E-state index contributed by atoms with van der Waals surface area (Å²) in [4.78, 5) is 39.5. The zero-order valence-corrected chi connectivity index (χ0v) is 21.5. The SMILES string of the molecule is CCOC(=O)C1(Sc2ccccc2)N=C(Sc2ccccc2)N(C)C1C1=N/C(=C\N(C)C)C(=O)O1. The summed E-state index contributed by atoms with van der Waals surface area (Å²) >= 11 is 2.68. The van der Waals surface area contributed by atoms with Gasteiger partial charge in [-0.25, -0.2) is 19.6 Å². The quantitative estimate of drug-likeness (QED) is 0.410. The molecular formula is C25H26N4O4S2. The number of carbonyl (C=O) groups is 2. The maximum absolute atomic E-state index is 13.6. The molecule has 0 spiro atoms. The van der Waals surface area contributed by atoms with Crippen LogP contribution in [0.25, 0.3) is 0 Å². The molecule has 0 saturated carbocycles. The molecule has 2 aliphatic rings. The first-order valence-corrected chi connectivity index (χ1v) is 12.6. The first kappa shape index (κ1) is 24.9. The molecule has 2 aromatic carbocycles. The first-order valence-electron chi connectivity index (χ1n) is 11.0. The molecule has 182 valence electrons. The van der Waals surface area contributed by atoms with E-state index in [-0.39, 0.29) is 18.2 Å². The summed E-state index contributed by atoms with van der Waals surface area (Å²) in [6.07, 6.45) is 1.58. The average molecular weight is 511 g/mol. The fourth-order valence-corrected chi connectivity index (χ4v) is 5.93. The average Bonchev–Trinajstić information content (AvgIpc) is 3.31. The summed E-state index contributed by atoms with van der Waals surface area (Å²) in [5, 5.41) is 0.585. The van der Waals surface area contributed by atoms with Gasteiger partial charge in [0.2, 0.25) is 10.8 Å². The number of amidine groups is 1. The molecule has 2 atom stereocenters. The Bertz CT molecular complexity index is 1180. The lowest BCUT2D eigenvalue weighted by molar-refractivity contribution is -0.146. The van der Waals surface area contributed by atoms with Crippen LogP contribution in [0.2, 0.25) is 0 Å². The van der Waals surface area contributed by atoms with Crippen molar-refractivity contribution in [1.82, 2.24) is 9.80 Å². The van der Waals surface area contributed by atoms with Gasteiger partial charge in [-0.2, -0.15) is 0 Å². The number of benzene rings is 2. The van der Waals surface area contributed by atoms with E-state index in [2.05, 4.69) is 4.99 Å². The largest absolute Gasteiger partial charge is 0.463 e. The van der Waals surface area contributed by atoms with Crippen LogP contribution in [0.1, 0.15) is 6.92 Å². The van der Waals surface area contributed by atoms with Gasteiger partial charge in [-0.1, -0.05) is 59.9 Å². The summed E-state index contributed by atoms with van der Waals surface area (Å²) < 4.78 is 11.2. The lowest BCUT2D eigenvalue weighted by atomic mass is 10.1. The number of ether oxygens (including phenoxy) is 2. The third-order valence-corrected chi connectivity index (χ3v) is 7.48. The molecule has 0 fully saturated rings. The summed E-state index contributed by atoms with van der Waals surface area (Å²) in [6, 6.07) is 18.4. The van der Waals surface area contributed by atoms with Crippen molar-refractivity contribution in [3.05, 3.63) is 72.6 Å². The van der Waals surface area contributed by atoms with Gasteiger partial charge in [-0.3, -0.25) is 0 Å². The number of cyclic esters (lactones) is 1. The fraction of sp³-hybridized carbons (Fsp3) is 0.280. The molecule has 0 radical (unpaired) electrons. The van der Waals surface area contributed by atoms with Gasteiger partial charge in [0.1, 0.15) is 0 Å². The minimum atomic E-state index is -1.48. The second-order valence-electron chi connectivity index (χ2n) is 7.97. The van der Waals surface area contributed by atoms with Crippen molar-refractivity contribution in [1.29, 1.82) is 0 Å². The van der Waals surface area contributed by atoms with Crippen molar-refractivity contribution in [2.75, 3.05) is 27.7 Å². The molecule has 2 aliphatic heterocycles. The molecule has 0 saturated heterocycles. The minimum absolute atomic E-state index is 0.106. The van der Waals surface area contributed by atoms with Crippen LogP contribution >= 0.6 is 23.5 Å². The predicted molar refractivity (Wildman–Crippen MR) is 138 cm³/mol. The molecule has 4 rings (SSSR count). The highest BCUT2D eigenvalue weighted by Crippen LogP contribution is 2.47. The Balaban J connectivity index is 1.84. The van der Waals surface area contributed by atoms with Crippen LogP contribution in [0.15, 0.2) is 92.3 Å². The number of esters is 2. The lowest BCUT2D eigenvalue weighted by Gasteiger charge is -2.32. The second-order valence-corrected chi connectivity index (χ2v) is 10.3. The zero-order chi connectivity index (χ0) is 25.0. The van der Waals surface area contributed by atoms with E-state index < -0.39 is 22.9 Å². The van der Waals surface area contributed by atoms with E-state index >= 15 is 0 Å². The van der Waals surface area contributed by atoms with Crippen LogP contribution in [0.4, 0.5) is 0 Å². The van der Waals surface area contributed by atoms with Crippen molar-refractivity contribution in [2.24, 2.45) is 9.98 Å². The van der Waals surface area contributed by atoms with Crippen LogP contribution in [-0.4, -0.2) is 71.5 Å². The van der Waals surface area contributed by atoms with Crippen molar-refractivity contribution >= 4 is 46.5 Å². The number of rotatable bonds is 7. The molecule has 0 bridgehead atoms. The first-order chi connectivity index (χ1) is 16.8. The molecule has 0 amide bonds. The van der Waals surface area contributed by atoms with Gasteiger partial charge in [0.25, 0.3) is 0 Å². The highest BCUT2D eigenvalue weighted by atomic mass is 32.2. The lowest BCUT2D eigenvalue weighted by Crippen LogP contribution is -2.53. The number of carbonyl (C=O) groups excluding carboxylic acids is 2. The molecule has 0 aliphatic carbocycles. The Morgan fingerprint density at radius 1 is 1.14 bits per heavy atom. The number of aliphatic imine (C=N–C) groups is 2. The van der Waals surface area contributed by atoms with Gasteiger partial charge >= 0.3 is 11.9 Å². The molecule has 2 unspecified atom stereocenters. The topological polar surface area (TPSA) is 83.8 Å². The maximum atomic E-state index is 13.6. The van der Waals surface area contributed by atoms with E-state index in [4.69, 9.17) is 14.5 Å². The van der Waals surface area contributed by atoms with E-state index in [1.165, 1.54) is 23.5 Å². The van der Waals surface area contributed by atoms with Crippen molar-refractivity contribution in [3.8, 4) is 0 Å². The standard InChI is InChI=1S/C25H26N4O4S2/c1-5-32-23(31)25(35-18-14-10-7-11-15-18)20(21-26-19(16-28(2)3)22(30)33-21)29(4)24(27-25)34-17-12-8-6-9-13-17/h6-16,20H,5H2,1-4H3/b19-16-. The maximum Gasteiger partial charge on any atom is 0.365 e. The van der Waals surface area contributed by atoms with Gasteiger partial charge in [0, 0.05) is 37.1 Å². The Morgan fingerprint density at radius 2 is 1.77 bits per heavy atom. The molecule has 8 nitrogen and oxygen atoms in total. The van der Waals surface area contributed by atoms with E-state index in [9.17, 15) is 9.59 Å². The van der Waals surface area contributed by atoms with Crippen molar-refractivity contribution in [2.45, 2.75) is 27.6 Å². The van der Waals surface area contributed by atoms with E-state index in [0.29, 0.717) is 5.17 Å². The Labute approximate surface area is 213 Å². The predicted octanol–water partition coefficient (Wildman–Crippen LogP) is 3.86. The number of likely N-dealkylation sites (N-methyl/N-ethyl adjacent to an activating group) is 1. The molecule has 10 heteroatoms. The minimum Gasteiger partial charge on any atom is -0.463 e.